The Morgan fingerprint density at radius 1 is 1.39 bits per heavy atom. The molecule has 0 radical (unpaired) electrons. The van der Waals surface area contributed by atoms with Crippen LogP contribution in [-0.2, 0) is 11.3 Å². The van der Waals surface area contributed by atoms with E-state index in [1.165, 1.54) is 0 Å². The number of hydrazine groups is 1. The first-order valence-corrected chi connectivity index (χ1v) is 6.18. The van der Waals surface area contributed by atoms with E-state index < -0.39 is 0 Å². The molecule has 96 valence electrons. The fourth-order valence-electron chi connectivity index (χ4n) is 2.05. The largest absolute Gasteiger partial charge is 0.379 e. The molecule has 0 saturated carbocycles. The van der Waals surface area contributed by atoms with Crippen molar-refractivity contribution in [2.75, 3.05) is 26.3 Å². The third-order valence-electron chi connectivity index (χ3n) is 3.01. The number of aromatic nitrogens is 3. The minimum atomic E-state index is 0.766. The van der Waals surface area contributed by atoms with Crippen LogP contribution in [0.4, 0.5) is 0 Å². The Kier molecular flexibility index (Phi) is 3.22. The summed E-state index contributed by atoms with van der Waals surface area (Å²) >= 11 is 0. The second-order valence-corrected chi connectivity index (χ2v) is 4.49. The van der Waals surface area contributed by atoms with Crippen LogP contribution < -0.4 is 5.43 Å². The molecule has 0 aromatic carbocycles. The van der Waals surface area contributed by atoms with E-state index in [9.17, 15) is 0 Å². The van der Waals surface area contributed by atoms with Gasteiger partial charge in [0, 0.05) is 43.7 Å². The van der Waals surface area contributed by atoms with Gasteiger partial charge in [-0.25, -0.2) is 14.5 Å². The molecule has 0 bridgehead atoms. The third-order valence-corrected chi connectivity index (χ3v) is 3.01. The molecule has 1 aliphatic heterocycles. The maximum absolute atomic E-state index is 5.30. The summed E-state index contributed by atoms with van der Waals surface area (Å²) in [6, 6.07) is 1.97. The van der Waals surface area contributed by atoms with E-state index in [0.717, 1.165) is 49.8 Å². The van der Waals surface area contributed by atoms with Crippen LogP contribution in [0.15, 0.2) is 18.5 Å². The zero-order chi connectivity index (χ0) is 12.4. The van der Waals surface area contributed by atoms with Crippen molar-refractivity contribution in [1.29, 1.82) is 0 Å². The lowest BCUT2D eigenvalue weighted by Crippen LogP contribution is -2.45. The van der Waals surface area contributed by atoms with Gasteiger partial charge in [0.1, 0.15) is 0 Å². The number of ether oxygens (including phenoxy) is 1. The van der Waals surface area contributed by atoms with Gasteiger partial charge in [0.15, 0.2) is 5.65 Å². The first-order chi connectivity index (χ1) is 8.81. The van der Waals surface area contributed by atoms with E-state index in [-0.39, 0.29) is 0 Å². The van der Waals surface area contributed by atoms with Gasteiger partial charge in [0.2, 0.25) is 0 Å². The van der Waals surface area contributed by atoms with E-state index in [2.05, 4.69) is 20.5 Å². The van der Waals surface area contributed by atoms with Gasteiger partial charge in [0.25, 0.3) is 0 Å². The van der Waals surface area contributed by atoms with Crippen molar-refractivity contribution in [3.05, 3.63) is 29.7 Å². The fourth-order valence-corrected chi connectivity index (χ4v) is 2.05. The second kappa shape index (κ2) is 5.01. The second-order valence-electron chi connectivity index (χ2n) is 4.49. The lowest BCUT2D eigenvalue weighted by molar-refractivity contribution is 0.0105. The number of morpholine rings is 1. The molecule has 0 atom stereocenters. The maximum atomic E-state index is 5.30. The summed E-state index contributed by atoms with van der Waals surface area (Å²) in [5, 5.41) is 6.54. The molecule has 6 nitrogen and oxygen atoms in total. The molecule has 1 aliphatic rings. The molecule has 2 aromatic heterocycles. The minimum absolute atomic E-state index is 0.766. The molecule has 0 spiro atoms. The van der Waals surface area contributed by atoms with Crippen LogP contribution in [-0.4, -0.2) is 45.9 Å². The maximum Gasteiger partial charge on any atom is 0.155 e. The Morgan fingerprint density at radius 2 is 2.22 bits per heavy atom. The van der Waals surface area contributed by atoms with Gasteiger partial charge >= 0.3 is 0 Å². The highest BCUT2D eigenvalue weighted by Crippen LogP contribution is 2.05. The predicted molar refractivity (Wildman–Crippen MR) is 67.0 cm³/mol. The highest BCUT2D eigenvalue weighted by Gasteiger charge is 2.09. The smallest absolute Gasteiger partial charge is 0.155 e. The molecule has 3 rings (SSSR count). The summed E-state index contributed by atoms with van der Waals surface area (Å²) in [6.45, 7) is 6.18. The van der Waals surface area contributed by atoms with Crippen molar-refractivity contribution >= 4 is 5.65 Å². The van der Waals surface area contributed by atoms with Gasteiger partial charge in [-0.1, -0.05) is 0 Å². The van der Waals surface area contributed by atoms with Crippen LogP contribution in [0, 0.1) is 6.92 Å². The summed E-state index contributed by atoms with van der Waals surface area (Å²) in [5.74, 6) is 0. The van der Waals surface area contributed by atoms with E-state index in [4.69, 9.17) is 4.74 Å². The average molecular weight is 247 g/mol. The van der Waals surface area contributed by atoms with Crippen LogP contribution >= 0.6 is 0 Å². The van der Waals surface area contributed by atoms with Crippen molar-refractivity contribution < 1.29 is 4.74 Å². The molecule has 1 N–H and O–H groups in total. The Balaban J connectivity index is 1.66. The van der Waals surface area contributed by atoms with Crippen molar-refractivity contribution in [1.82, 2.24) is 25.0 Å². The fraction of sp³-hybridized carbons (Fsp3) is 0.500. The summed E-state index contributed by atoms with van der Waals surface area (Å²) in [6.07, 6.45) is 3.91. The summed E-state index contributed by atoms with van der Waals surface area (Å²) in [5.41, 5.74) is 6.38. The van der Waals surface area contributed by atoms with Crippen molar-refractivity contribution in [2.45, 2.75) is 13.5 Å². The average Bonchev–Trinajstić information content (AvgIpc) is 2.77. The van der Waals surface area contributed by atoms with Gasteiger partial charge < -0.3 is 4.74 Å². The van der Waals surface area contributed by atoms with Gasteiger partial charge in [-0.2, -0.15) is 5.10 Å². The quantitative estimate of drug-likeness (QED) is 0.849. The highest BCUT2D eigenvalue weighted by atomic mass is 16.5. The molecule has 3 heterocycles. The number of rotatable bonds is 3. The number of fused-ring (bicyclic) bond motifs is 1. The number of hydrogen-bond acceptors (Lipinski definition) is 5. The van der Waals surface area contributed by atoms with Gasteiger partial charge in [-0.3, -0.25) is 5.43 Å². The standard InChI is InChI=1S/C12H17N5O/c1-10-6-12-13-7-11(9-17(12)15-10)8-14-16-2-4-18-5-3-16/h6-7,9,14H,2-5,8H2,1H3. The molecule has 1 saturated heterocycles. The van der Waals surface area contributed by atoms with Gasteiger partial charge in [0.05, 0.1) is 18.9 Å². The first kappa shape index (κ1) is 11.6. The number of nitrogens with zero attached hydrogens (tertiary/aromatic N) is 4. The number of nitrogens with one attached hydrogen (secondary N) is 1. The van der Waals surface area contributed by atoms with Gasteiger partial charge in [-0.05, 0) is 6.92 Å². The lowest BCUT2D eigenvalue weighted by Gasteiger charge is -2.27. The zero-order valence-corrected chi connectivity index (χ0v) is 10.5. The summed E-state index contributed by atoms with van der Waals surface area (Å²) in [4.78, 5) is 4.38. The molecular weight excluding hydrogens is 230 g/mol. The SMILES string of the molecule is Cc1cc2ncc(CNN3CCOCC3)cn2n1. The Hall–Kier alpha value is -1.50. The molecule has 1 fully saturated rings. The molecule has 18 heavy (non-hydrogen) atoms. The van der Waals surface area contributed by atoms with Crippen LogP contribution in [0.5, 0.6) is 0 Å². The van der Waals surface area contributed by atoms with Crippen molar-refractivity contribution in [3.8, 4) is 0 Å². The monoisotopic (exact) mass is 247 g/mol. The van der Waals surface area contributed by atoms with Crippen molar-refractivity contribution in [3.63, 3.8) is 0 Å². The van der Waals surface area contributed by atoms with Crippen molar-refractivity contribution in [2.24, 2.45) is 0 Å². The molecule has 0 amide bonds. The van der Waals surface area contributed by atoms with Gasteiger partial charge in [-0.15, -0.1) is 0 Å². The lowest BCUT2D eigenvalue weighted by atomic mass is 10.3. The minimum Gasteiger partial charge on any atom is -0.379 e. The predicted octanol–water partition coefficient (Wildman–Crippen LogP) is 0.375. The van der Waals surface area contributed by atoms with E-state index in [0.29, 0.717) is 0 Å². The zero-order valence-electron chi connectivity index (χ0n) is 10.5. The Morgan fingerprint density at radius 3 is 3.06 bits per heavy atom. The number of aryl methyl sites for hydroxylation is 1. The normalized spacial score (nSPS) is 17.4. The summed E-state index contributed by atoms with van der Waals surface area (Å²) < 4.78 is 7.13. The van der Waals surface area contributed by atoms with Crippen LogP contribution in [0.3, 0.4) is 0 Å². The highest BCUT2D eigenvalue weighted by molar-refractivity contribution is 5.38. The van der Waals surface area contributed by atoms with E-state index in [1.807, 2.05) is 29.9 Å². The van der Waals surface area contributed by atoms with Crippen LogP contribution in [0.2, 0.25) is 0 Å². The molecule has 2 aromatic rings. The van der Waals surface area contributed by atoms with Crippen LogP contribution in [0.1, 0.15) is 11.3 Å². The summed E-state index contributed by atoms with van der Waals surface area (Å²) in [7, 11) is 0. The molecule has 0 aliphatic carbocycles. The molecule has 6 heteroatoms. The Bertz CT molecular complexity index is 532. The third kappa shape index (κ3) is 2.50. The molecule has 0 unspecified atom stereocenters. The topological polar surface area (TPSA) is 54.7 Å². The Labute approximate surface area is 106 Å². The van der Waals surface area contributed by atoms with Crippen LogP contribution in [0.25, 0.3) is 5.65 Å². The number of hydrogen-bond donors (Lipinski definition) is 1. The molecular formula is C12H17N5O. The van der Waals surface area contributed by atoms with E-state index >= 15 is 0 Å². The first-order valence-electron chi connectivity index (χ1n) is 6.18. The van der Waals surface area contributed by atoms with E-state index in [1.54, 1.807) is 0 Å².